The first kappa shape index (κ1) is 22.7. The molecule has 28 heavy (non-hydrogen) atoms. The Balaban J connectivity index is 1.94. The highest BCUT2D eigenvalue weighted by atomic mass is 19.2. The van der Waals surface area contributed by atoms with E-state index in [9.17, 15) is 8.78 Å². The monoisotopic (exact) mass is 396 g/mol. The topological polar surface area (TPSA) is 27.7 Å². The molecular weight excluding hydrogens is 362 g/mol. The molecule has 5 heteroatoms. The molecule has 1 fully saturated rings. The number of hydrogen-bond acceptors (Lipinski definition) is 3. The van der Waals surface area contributed by atoms with E-state index in [0.29, 0.717) is 37.4 Å². The lowest BCUT2D eigenvalue weighted by Gasteiger charge is -2.29. The predicted molar refractivity (Wildman–Crippen MR) is 108 cm³/mol. The summed E-state index contributed by atoms with van der Waals surface area (Å²) in [4.78, 5) is 0. The average Bonchev–Trinajstić information content (AvgIpc) is 2.73. The van der Waals surface area contributed by atoms with Crippen molar-refractivity contribution in [3.63, 3.8) is 0 Å². The Kier molecular flexibility index (Phi) is 9.23. The fourth-order valence-corrected chi connectivity index (χ4v) is 3.72. The lowest BCUT2D eigenvalue weighted by molar-refractivity contribution is -0.0515. The van der Waals surface area contributed by atoms with Gasteiger partial charge in [0.25, 0.3) is 0 Å². The molecule has 1 heterocycles. The molecule has 2 unspecified atom stereocenters. The third kappa shape index (κ3) is 6.20. The van der Waals surface area contributed by atoms with Gasteiger partial charge in [0.15, 0.2) is 11.7 Å². The predicted octanol–water partition coefficient (Wildman–Crippen LogP) is 6.68. The number of allylic oxidation sites excluding steroid dienone is 8. The summed E-state index contributed by atoms with van der Waals surface area (Å²) in [5.74, 6) is -0.243. The average molecular weight is 397 g/mol. The van der Waals surface area contributed by atoms with E-state index in [4.69, 9.17) is 14.2 Å². The number of hydrogen-bond donors (Lipinski definition) is 0. The van der Waals surface area contributed by atoms with Crippen LogP contribution >= 0.6 is 0 Å². The Morgan fingerprint density at radius 3 is 2.46 bits per heavy atom. The summed E-state index contributed by atoms with van der Waals surface area (Å²) in [7, 11) is 1.33. The van der Waals surface area contributed by atoms with Crippen molar-refractivity contribution in [1.82, 2.24) is 0 Å². The Morgan fingerprint density at radius 2 is 1.93 bits per heavy atom. The van der Waals surface area contributed by atoms with E-state index < -0.39 is 11.7 Å². The zero-order valence-corrected chi connectivity index (χ0v) is 17.7. The molecule has 0 bridgehead atoms. The van der Waals surface area contributed by atoms with Gasteiger partial charge in [-0.1, -0.05) is 26.3 Å². The fourth-order valence-electron chi connectivity index (χ4n) is 3.72. The Labute approximate surface area is 168 Å². The van der Waals surface area contributed by atoms with E-state index in [1.54, 1.807) is 0 Å². The third-order valence-electron chi connectivity index (χ3n) is 5.54. The van der Waals surface area contributed by atoms with Gasteiger partial charge in [-0.3, -0.25) is 0 Å². The molecule has 3 nitrogen and oxygen atoms in total. The highest BCUT2D eigenvalue weighted by molar-refractivity contribution is 5.43. The van der Waals surface area contributed by atoms with Gasteiger partial charge in [-0.25, -0.2) is 8.78 Å². The summed E-state index contributed by atoms with van der Waals surface area (Å²) >= 11 is 0. The molecule has 0 amide bonds. The van der Waals surface area contributed by atoms with Gasteiger partial charge in [-0.2, -0.15) is 0 Å². The quantitative estimate of drug-likeness (QED) is 0.321. The largest absolute Gasteiger partial charge is 0.498 e. The minimum absolute atomic E-state index is 0.0481. The number of rotatable bonds is 9. The van der Waals surface area contributed by atoms with E-state index >= 15 is 0 Å². The molecule has 2 atom stereocenters. The summed E-state index contributed by atoms with van der Waals surface area (Å²) in [5.41, 5.74) is 1.20. The second-order valence-corrected chi connectivity index (χ2v) is 7.54. The lowest BCUT2D eigenvalue weighted by atomic mass is 9.93. The first-order valence-corrected chi connectivity index (χ1v) is 10.4. The second kappa shape index (κ2) is 11.4. The molecule has 0 aromatic rings. The third-order valence-corrected chi connectivity index (χ3v) is 5.54. The highest BCUT2D eigenvalue weighted by Gasteiger charge is 2.23. The van der Waals surface area contributed by atoms with Crippen molar-refractivity contribution in [2.45, 2.75) is 71.8 Å². The van der Waals surface area contributed by atoms with E-state index in [2.05, 4.69) is 6.92 Å². The van der Waals surface area contributed by atoms with Crippen LogP contribution in [0, 0.1) is 5.92 Å². The summed E-state index contributed by atoms with van der Waals surface area (Å²) in [5, 5.41) is 0. The zero-order chi connectivity index (χ0) is 20.5. The van der Waals surface area contributed by atoms with E-state index in [-0.39, 0.29) is 11.9 Å². The van der Waals surface area contributed by atoms with Crippen LogP contribution in [0.1, 0.15) is 65.7 Å². The van der Waals surface area contributed by atoms with Crippen molar-refractivity contribution >= 4 is 0 Å². The first-order chi connectivity index (χ1) is 13.5. The van der Waals surface area contributed by atoms with Gasteiger partial charge < -0.3 is 14.2 Å². The molecule has 0 spiro atoms. The molecule has 2 aliphatic rings. The summed E-state index contributed by atoms with van der Waals surface area (Å²) in [6.07, 6.45) is 10.3. The lowest BCUT2D eigenvalue weighted by Crippen LogP contribution is -2.29. The van der Waals surface area contributed by atoms with Crippen LogP contribution < -0.4 is 0 Å². The van der Waals surface area contributed by atoms with Gasteiger partial charge >= 0.3 is 0 Å². The van der Waals surface area contributed by atoms with Gasteiger partial charge in [0.05, 0.1) is 19.0 Å². The van der Waals surface area contributed by atoms with Crippen molar-refractivity contribution in [1.29, 1.82) is 0 Å². The van der Waals surface area contributed by atoms with Gasteiger partial charge in [-0.15, -0.1) is 0 Å². The van der Waals surface area contributed by atoms with Gasteiger partial charge in [0, 0.05) is 13.0 Å². The van der Waals surface area contributed by atoms with E-state index in [0.717, 1.165) is 24.4 Å². The van der Waals surface area contributed by atoms with E-state index in [1.165, 1.54) is 33.3 Å². The second-order valence-electron chi connectivity index (χ2n) is 7.54. The maximum Gasteiger partial charge on any atom is 0.196 e. The molecule has 1 saturated heterocycles. The molecule has 158 valence electrons. The van der Waals surface area contributed by atoms with Crippen LogP contribution in [0.25, 0.3) is 0 Å². The SMILES string of the molecule is CCCC1CCC(COC2=CC=C(/C(CC)=C(F)/C(F)=C(\C)OC)CC2)OC1. The minimum Gasteiger partial charge on any atom is -0.498 e. The molecule has 0 radical (unpaired) electrons. The fraction of sp³-hybridized carbons (Fsp3) is 0.652. The molecule has 0 aromatic heterocycles. The van der Waals surface area contributed by atoms with Crippen LogP contribution in [0.2, 0.25) is 0 Å². The summed E-state index contributed by atoms with van der Waals surface area (Å²) in [6.45, 7) is 6.84. The van der Waals surface area contributed by atoms with Crippen molar-refractivity contribution < 1.29 is 23.0 Å². The summed E-state index contributed by atoms with van der Waals surface area (Å²) < 4.78 is 45.3. The molecular formula is C23H34F2O3. The molecule has 0 N–H and O–H groups in total. The van der Waals surface area contributed by atoms with E-state index in [1.807, 2.05) is 19.1 Å². The van der Waals surface area contributed by atoms with Gasteiger partial charge in [0.1, 0.15) is 12.4 Å². The van der Waals surface area contributed by atoms with Crippen LogP contribution in [-0.2, 0) is 14.2 Å². The van der Waals surface area contributed by atoms with Crippen molar-refractivity contribution in [2.24, 2.45) is 5.92 Å². The smallest absolute Gasteiger partial charge is 0.196 e. The maximum atomic E-state index is 14.5. The zero-order valence-electron chi connectivity index (χ0n) is 17.7. The Bertz CT molecular complexity index is 638. The van der Waals surface area contributed by atoms with Crippen molar-refractivity contribution in [2.75, 3.05) is 20.3 Å². The summed E-state index contributed by atoms with van der Waals surface area (Å²) in [6, 6.07) is 0. The Morgan fingerprint density at radius 1 is 1.14 bits per heavy atom. The van der Waals surface area contributed by atoms with Gasteiger partial charge in [0.2, 0.25) is 0 Å². The maximum absolute atomic E-state index is 14.5. The van der Waals surface area contributed by atoms with Crippen LogP contribution in [-0.4, -0.2) is 26.4 Å². The molecule has 1 aliphatic carbocycles. The van der Waals surface area contributed by atoms with Crippen LogP contribution in [0.5, 0.6) is 0 Å². The van der Waals surface area contributed by atoms with Crippen LogP contribution in [0.15, 0.2) is 46.5 Å². The van der Waals surface area contributed by atoms with Crippen LogP contribution in [0.4, 0.5) is 8.78 Å². The number of halogens is 2. The minimum atomic E-state index is -0.929. The normalized spacial score (nSPS) is 24.6. The molecule has 0 saturated carbocycles. The Hall–Kier alpha value is -1.62. The molecule has 2 rings (SSSR count). The molecule has 1 aliphatic heterocycles. The van der Waals surface area contributed by atoms with Gasteiger partial charge in [-0.05, 0) is 62.2 Å². The molecule has 0 aromatic carbocycles. The first-order valence-electron chi connectivity index (χ1n) is 10.4. The standard InChI is InChI=1S/C23H34F2O3/c1-5-7-17-8-11-20(27-14-17)15-28-19-12-9-18(10-13-19)21(6-2)23(25)22(24)16(3)26-4/h9,12,17,20H,5-8,10-11,13-15H2,1-4H3/b22-16-,23-21-. The van der Waals surface area contributed by atoms with Crippen molar-refractivity contribution in [3.8, 4) is 0 Å². The van der Waals surface area contributed by atoms with Crippen molar-refractivity contribution in [3.05, 3.63) is 46.5 Å². The van der Waals surface area contributed by atoms with Crippen LogP contribution in [0.3, 0.4) is 0 Å². The highest BCUT2D eigenvalue weighted by Crippen LogP contribution is 2.33. The number of ether oxygens (including phenoxy) is 3. The number of methoxy groups -OCH3 is 1.